The van der Waals surface area contributed by atoms with Crippen LogP contribution in [0.25, 0.3) is 10.9 Å². The molecule has 3 nitrogen and oxygen atoms in total. The zero-order valence-electron chi connectivity index (χ0n) is 11.2. The molecule has 0 saturated carbocycles. The van der Waals surface area contributed by atoms with Crippen molar-refractivity contribution in [3.05, 3.63) is 60.8 Å². The maximum atomic E-state index is 13.6. The number of para-hydroxylation sites is 1. The standard InChI is InChI=1S/C16H11F3N2O/c17-16(18,19)21(11-5-7-12(22)8-6-11)15-9-10-20-14-4-2-1-3-13(14)15/h1-10,22H. The molecule has 0 aliphatic heterocycles. The second kappa shape index (κ2) is 5.22. The second-order valence-electron chi connectivity index (χ2n) is 4.67. The van der Waals surface area contributed by atoms with Crippen LogP contribution in [0.3, 0.4) is 0 Å². The first-order valence-corrected chi connectivity index (χ1v) is 6.46. The summed E-state index contributed by atoms with van der Waals surface area (Å²) in [6.45, 7) is 0. The van der Waals surface area contributed by atoms with Crippen LogP contribution in [0.5, 0.6) is 5.75 Å². The van der Waals surface area contributed by atoms with Gasteiger partial charge < -0.3 is 5.11 Å². The van der Waals surface area contributed by atoms with Gasteiger partial charge in [-0.1, -0.05) is 18.2 Å². The zero-order valence-corrected chi connectivity index (χ0v) is 11.2. The van der Waals surface area contributed by atoms with E-state index in [2.05, 4.69) is 4.98 Å². The van der Waals surface area contributed by atoms with Crippen LogP contribution in [0.1, 0.15) is 0 Å². The number of hydrogen-bond acceptors (Lipinski definition) is 3. The van der Waals surface area contributed by atoms with Crippen molar-refractivity contribution in [2.45, 2.75) is 6.30 Å². The zero-order chi connectivity index (χ0) is 15.7. The van der Waals surface area contributed by atoms with Crippen LogP contribution >= 0.6 is 0 Å². The minimum absolute atomic E-state index is 0.0104. The number of alkyl halides is 3. The molecule has 112 valence electrons. The SMILES string of the molecule is Oc1ccc(N(c2ccnc3ccccc23)C(F)(F)F)cc1. The number of phenolic OH excluding ortho intramolecular Hbond substituents is 1. The van der Waals surface area contributed by atoms with Gasteiger partial charge in [0.05, 0.1) is 11.2 Å². The summed E-state index contributed by atoms with van der Waals surface area (Å²) >= 11 is 0. The Bertz CT molecular complexity index is 795. The van der Waals surface area contributed by atoms with Gasteiger partial charge in [0.1, 0.15) is 5.75 Å². The second-order valence-corrected chi connectivity index (χ2v) is 4.67. The molecule has 0 bridgehead atoms. The average Bonchev–Trinajstić information content (AvgIpc) is 2.48. The molecule has 0 unspecified atom stereocenters. The number of phenols is 1. The lowest BCUT2D eigenvalue weighted by Crippen LogP contribution is -2.33. The minimum Gasteiger partial charge on any atom is -0.508 e. The van der Waals surface area contributed by atoms with Gasteiger partial charge in [0, 0.05) is 17.3 Å². The van der Waals surface area contributed by atoms with Gasteiger partial charge in [-0.3, -0.25) is 9.88 Å². The normalized spacial score (nSPS) is 11.6. The van der Waals surface area contributed by atoms with E-state index < -0.39 is 6.30 Å². The summed E-state index contributed by atoms with van der Waals surface area (Å²) in [5, 5.41) is 9.67. The minimum atomic E-state index is -4.61. The summed E-state index contributed by atoms with van der Waals surface area (Å²) in [5.41, 5.74) is 0.387. The van der Waals surface area contributed by atoms with Crippen molar-refractivity contribution in [2.75, 3.05) is 4.90 Å². The van der Waals surface area contributed by atoms with E-state index in [1.54, 1.807) is 24.3 Å². The molecule has 0 spiro atoms. The number of nitrogens with zero attached hydrogens (tertiary/aromatic N) is 2. The highest BCUT2D eigenvalue weighted by Gasteiger charge is 2.39. The Balaban J connectivity index is 2.23. The van der Waals surface area contributed by atoms with Gasteiger partial charge in [-0.15, -0.1) is 13.2 Å². The molecular weight excluding hydrogens is 293 g/mol. The summed E-state index contributed by atoms with van der Waals surface area (Å²) in [7, 11) is 0. The number of rotatable bonds is 2. The summed E-state index contributed by atoms with van der Waals surface area (Å²) in [6.07, 6.45) is -3.27. The lowest BCUT2D eigenvalue weighted by Gasteiger charge is -2.28. The summed E-state index contributed by atoms with van der Waals surface area (Å²) < 4.78 is 40.7. The predicted molar refractivity (Wildman–Crippen MR) is 78.0 cm³/mol. The maximum Gasteiger partial charge on any atom is 0.489 e. The van der Waals surface area contributed by atoms with E-state index in [0.717, 1.165) is 0 Å². The molecule has 0 atom stereocenters. The Kier molecular flexibility index (Phi) is 3.36. The van der Waals surface area contributed by atoms with Crippen LogP contribution in [0.15, 0.2) is 60.8 Å². The van der Waals surface area contributed by atoms with Crippen molar-refractivity contribution in [3.63, 3.8) is 0 Å². The highest BCUT2D eigenvalue weighted by Crippen LogP contribution is 2.39. The van der Waals surface area contributed by atoms with E-state index in [9.17, 15) is 18.3 Å². The van der Waals surface area contributed by atoms with Gasteiger partial charge in [0.2, 0.25) is 0 Å². The highest BCUT2D eigenvalue weighted by atomic mass is 19.4. The van der Waals surface area contributed by atoms with Crippen LogP contribution in [0.4, 0.5) is 24.5 Å². The number of halogens is 3. The maximum absolute atomic E-state index is 13.6. The molecule has 0 amide bonds. The van der Waals surface area contributed by atoms with Crippen LogP contribution in [0, 0.1) is 0 Å². The number of pyridine rings is 1. The lowest BCUT2D eigenvalue weighted by atomic mass is 10.1. The van der Waals surface area contributed by atoms with Crippen molar-refractivity contribution in [1.82, 2.24) is 4.98 Å². The molecule has 1 aromatic heterocycles. The van der Waals surface area contributed by atoms with Gasteiger partial charge in [-0.25, -0.2) is 0 Å². The Morgan fingerprint density at radius 2 is 1.59 bits per heavy atom. The first-order valence-electron chi connectivity index (χ1n) is 6.46. The van der Waals surface area contributed by atoms with Crippen molar-refractivity contribution >= 4 is 22.3 Å². The van der Waals surface area contributed by atoms with Crippen molar-refractivity contribution in [2.24, 2.45) is 0 Å². The topological polar surface area (TPSA) is 36.4 Å². The average molecular weight is 304 g/mol. The molecule has 0 aliphatic carbocycles. The van der Waals surface area contributed by atoms with Gasteiger partial charge in [-0.05, 0) is 36.4 Å². The third kappa shape index (κ3) is 2.55. The molecule has 0 saturated heterocycles. The van der Waals surface area contributed by atoms with E-state index in [1.165, 1.54) is 36.5 Å². The molecule has 6 heteroatoms. The molecule has 0 radical (unpaired) electrons. The molecule has 22 heavy (non-hydrogen) atoms. The Hall–Kier alpha value is -2.76. The largest absolute Gasteiger partial charge is 0.508 e. The number of benzene rings is 2. The summed E-state index contributed by atoms with van der Waals surface area (Å²) in [5.74, 6) is -0.0922. The van der Waals surface area contributed by atoms with Gasteiger partial charge in [0.25, 0.3) is 0 Å². The third-order valence-corrected chi connectivity index (χ3v) is 3.23. The molecule has 0 aliphatic rings. The fourth-order valence-corrected chi connectivity index (χ4v) is 2.30. The molecule has 3 rings (SSSR count). The Morgan fingerprint density at radius 1 is 0.909 bits per heavy atom. The van der Waals surface area contributed by atoms with E-state index >= 15 is 0 Å². The first-order chi connectivity index (χ1) is 10.5. The number of hydrogen-bond donors (Lipinski definition) is 1. The number of anilines is 2. The molecule has 1 N–H and O–H groups in total. The summed E-state index contributed by atoms with van der Waals surface area (Å²) in [4.78, 5) is 4.35. The van der Waals surface area contributed by atoms with Gasteiger partial charge in [-0.2, -0.15) is 0 Å². The van der Waals surface area contributed by atoms with E-state index in [1.807, 2.05) is 0 Å². The smallest absolute Gasteiger partial charge is 0.489 e. The van der Waals surface area contributed by atoms with Crippen LogP contribution in [0.2, 0.25) is 0 Å². The van der Waals surface area contributed by atoms with Crippen LogP contribution in [-0.4, -0.2) is 16.4 Å². The van der Waals surface area contributed by atoms with E-state index in [-0.39, 0.29) is 22.0 Å². The number of aromatic hydroxyl groups is 1. The van der Waals surface area contributed by atoms with Crippen molar-refractivity contribution in [3.8, 4) is 5.75 Å². The Morgan fingerprint density at radius 3 is 2.27 bits per heavy atom. The fraction of sp³-hybridized carbons (Fsp3) is 0.0625. The monoisotopic (exact) mass is 304 g/mol. The third-order valence-electron chi connectivity index (χ3n) is 3.23. The first kappa shape index (κ1) is 14.2. The van der Waals surface area contributed by atoms with E-state index in [4.69, 9.17) is 0 Å². The fourth-order valence-electron chi connectivity index (χ4n) is 2.30. The molecule has 0 fully saturated rings. The van der Waals surface area contributed by atoms with E-state index in [0.29, 0.717) is 10.9 Å². The molecule has 3 aromatic rings. The van der Waals surface area contributed by atoms with Gasteiger partial charge in [0.15, 0.2) is 0 Å². The van der Waals surface area contributed by atoms with Crippen LogP contribution in [-0.2, 0) is 0 Å². The summed E-state index contributed by atoms with van der Waals surface area (Å²) in [6, 6.07) is 12.8. The lowest BCUT2D eigenvalue weighted by molar-refractivity contribution is -0.120. The molecular formula is C16H11F3N2O. The van der Waals surface area contributed by atoms with Crippen molar-refractivity contribution < 1.29 is 18.3 Å². The Labute approximate surface area is 124 Å². The number of fused-ring (bicyclic) bond motifs is 1. The predicted octanol–water partition coefficient (Wildman–Crippen LogP) is 4.60. The van der Waals surface area contributed by atoms with Crippen LogP contribution < -0.4 is 4.90 Å². The van der Waals surface area contributed by atoms with Gasteiger partial charge >= 0.3 is 6.30 Å². The molecule has 2 aromatic carbocycles. The van der Waals surface area contributed by atoms with Crippen molar-refractivity contribution in [1.29, 1.82) is 0 Å². The number of aromatic nitrogens is 1. The molecule has 1 heterocycles. The quantitative estimate of drug-likeness (QED) is 0.703. The highest BCUT2D eigenvalue weighted by molar-refractivity contribution is 5.93.